The van der Waals surface area contributed by atoms with E-state index in [-0.39, 0.29) is 17.3 Å². The highest BCUT2D eigenvalue weighted by Gasteiger charge is 2.37. The van der Waals surface area contributed by atoms with Crippen molar-refractivity contribution in [2.75, 3.05) is 18.4 Å². The predicted molar refractivity (Wildman–Crippen MR) is 112 cm³/mol. The number of benzene rings is 1. The first-order chi connectivity index (χ1) is 14.3. The van der Waals surface area contributed by atoms with Crippen LogP contribution in [0.25, 0.3) is 0 Å². The quantitative estimate of drug-likeness (QED) is 0.679. The maximum absolute atomic E-state index is 12.8. The van der Waals surface area contributed by atoms with E-state index in [0.29, 0.717) is 35.4 Å². The lowest BCUT2D eigenvalue weighted by Gasteiger charge is -2.33. The molecular formula is C20H23N3O5S2. The van der Waals surface area contributed by atoms with Gasteiger partial charge in [-0.2, -0.15) is 0 Å². The zero-order chi connectivity index (χ0) is 21.3. The van der Waals surface area contributed by atoms with Gasteiger partial charge in [-0.05, 0) is 49.1 Å². The van der Waals surface area contributed by atoms with Crippen molar-refractivity contribution < 1.29 is 22.4 Å². The van der Waals surface area contributed by atoms with Gasteiger partial charge in [0.1, 0.15) is 5.76 Å². The second kappa shape index (κ2) is 8.44. The highest BCUT2D eigenvalue weighted by Crippen LogP contribution is 2.38. The Balaban J connectivity index is 1.47. The number of amides is 2. The van der Waals surface area contributed by atoms with Crippen molar-refractivity contribution in [3.63, 3.8) is 0 Å². The number of nitrogens with one attached hydrogen (secondary N) is 2. The molecule has 0 bridgehead atoms. The number of carbonyl (C=O) groups excluding carboxylic acids is 2. The summed E-state index contributed by atoms with van der Waals surface area (Å²) < 4.78 is 32.7. The molecule has 1 aromatic heterocycles. The summed E-state index contributed by atoms with van der Waals surface area (Å²) in [6, 6.07) is 7.86. The summed E-state index contributed by atoms with van der Waals surface area (Å²) in [5.74, 6) is 0.472. The maximum Gasteiger partial charge on any atom is 0.247 e. The highest BCUT2D eigenvalue weighted by atomic mass is 32.2. The molecule has 10 heteroatoms. The molecule has 0 saturated carbocycles. The fourth-order valence-corrected chi connectivity index (χ4v) is 5.55. The van der Waals surface area contributed by atoms with Gasteiger partial charge in [-0.25, -0.2) is 13.1 Å². The summed E-state index contributed by atoms with van der Waals surface area (Å²) >= 11 is 1.16. The molecule has 2 aliphatic rings. The minimum absolute atomic E-state index is 0.0263. The molecule has 2 N–H and O–H groups in total. The number of piperidine rings is 1. The summed E-state index contributed by atoms with van der Waals surface area (Å²) in [6.45, 7) is 3.51. The maximum atomic E-state index is 12.8. The number of rotatable bonds is 5. The Labute approximate surface area is 179 Å². The lowest BCUT2D eigenvalue weighted by molar-refractivity contribution is -0.135. The average Bonchev–Trinajstić information content (AvgIpc) is 3.25. The topological polar surface area (TPSA) is 109 Å². The van der Waals surface area contributed by atoms with Crippen LogP contribution in [0.5, 0.6) is 0 Å². The van der Waals surface area contributed by atoms with Crippen LogP contribution in [0.15, 0.2) is 50.8 Å². The van der Waals surface area contributed by atoms with Gasteiger partial charge in [-0.3, -0.25) is 9.59 Å². The van der Waals surface area contributed by atoms with E-state index in [0.717, 1.165) is 24.6 Å². The second-order valence-corrected chi connectivity index (χ2v) is 10.5. The molecule has 0 radical (unpaired) electrons. The summed E-state index contributed by atoms with van der Waals surface area (Å²) in [4.78, 5) is 27.9. The number of hydrogen-bond donors (Lipinski definition) is 2. The largest absolute Gasteiger partial charge is 0.468 e. The van der Waals surface area contributed by atoms with Gasteiger partial charge in [0.2, 0.25) is 21.8 Å². The van der Waals surface area contributed by atoms with E-state index in [1.807, 2.05) is 0 Å². The molecule has 1 aromatic carbocycles. The van der Waals surface area contributed by atoms with E-state index in [1.165, 1.54) is 18.4 Å². The number of nitrogens with zero attached hydrogens (tertiary/aromatic N) is 1. The molecule has 1 fully saturated rings. The molecule has 0 spiro atoms. The fourth-order valence-electron chi connectivity index (χ4n) is 3.48. The van der Waals surface area contributed by atoms with Crippen molar-refractivity contribution in [1.82, 2.24) is 9.62 Å². The predicted octanol–water partition coefficient (Wildman–Crippen LogP) is 2.43. The van der Waals surface area contributed by atoms with Gasteiger partial charge in [0.05, 0.1) is 23.4 Å². The molecule has 160 valence electrons. The van der Waals surface area contributed by atoms with Crippen LogP contribution in [0.3, 0.4) is 0 Å². The van der Waals surface area contributed by atoms with Crippen LogP contribution in [0.4, 0.5) is 5.69 Å². The van der Waals surface area contributed by atoms with Crippen LogP contribution in [0.1, 0.15) is 25.5 Å². The van der Waals surface area contributed by atoms with E-state index in [4.69, 9.17) is 4.42 Å². The van der Waals surface area contributed by atoms with E-state index >= 15 is 0 Å². The first-order valence-corrected chi connectivity index (χ1v) is 12.1. The number of thioether (sulfide) groups is 1. The Morgan fingerprint density at radius 1 is 1.30 bits per heavy atom. The van der Waals surface area contributed by atoms with Crippen molar-refractivity contribution in [2.24, 2.45) is 5.92 Å². The van der Waals surface area contributed by atoms with Crippen LogP contribution in [0.2, 0.25) is 0 Å². The van der Waals surface area contributed by atoms with Gasteiger partial charge in [0.15, 0.2) is 5.25 Å². The first kappa shape index (κ1) is 21.0. The molecule has 1 atom stereocenters. The van der Waals surface area contributed by atoms with Crippen LogP contribution >= 0.6 is 11.8 Å². The number of likely N-dealkylation sites (tertiary alicyclic amines) is 1. The Kier molecular flexibility index (Phi) is 5.90. The third-order valence-electron chi connectivity index (χ3n) is 5.34. The number of sulfonamides is 1. The third kappa shape index (κ3) is 4.40. The molecular weight excluding hydrogens is 426 g/mol. The fraction of sp³-hybridized carbons (Fsp3) is 0.400. The lowest BCUT2D eigenvalue weighted by Crippen LogP contribution is -2.47. The van der Waals surface area contributed by atoms with Gasteiger partial charge in [0.25, 0.3) is 0 Å². The Hall–Kier alpha value is -2.30. The Bertz CT molecular complexity index is 1040. The van der Waals surface area contributed by atoms with Gasteiger partial charge >= 0.3 is 0 Å². The molecule has 2 amide bonds. The zero-order valence-electron chi connectivity index (χ0n) is 16.5. The Morgan fingerprint density at radius 3 is 2.77 bits per heavy atom. The number of hydrogen-bond acceptors (Lipinski definition) is 6. The smallest absolute Gasteiger partial charge is 0.247 e. The summed E-state index contributed by atoms with van der Waals surface area (Å²) in [5.41, 5.74) is 0.391. The lowest BCUT2D eigenvalue weighted by atomic mass is 9.99. The van der Waals surface area contributed by atoms with Crippen molar-refractivity contribution in [2.45, 2.75) is 41.4 Å². The summed E-state index contributed by atoms with van der Waals surface area (Å²) in [5, 5.41) is 1.85. The molecule has 3 heterocycles. The normalized spacial score (nSPS) is 20.0. The van der Waals surface area contributed by atoms with E-state index in [2.05, 4.69) is 17.0 Å². The summed E-state index contributed by atoms with van der Waals surface area (Å²) in [6.07, 6.45) is 3.35. The molecule has 1 saturated heterocycles. The van der Waals surface area contributed by atoms with E-state index in [1.54, 1.807) is 23.1 Å². The van der Waals surface area contributed by atoms with Crippen molar-refractivity contribution in [1.29, 1.82) is 0 Å². The van der Waals surface area contributed by atoms with Crippen LogP contribution in [-0.4, -0.2) is 43.5 Å². The number of fused-ring (bicyclic) bond motifs is 1. The van der Waals surface area contributed by atoms with Crippen LogP contribution in [0, 0.1) is 5.92 Å². The molecule has 2 aliphatic heterocycles. The van der Waals surface area contributed by atoms with E-state index < -0.39 is 21.2 Å². The molecule has 0 aliphatic carbocycles. The van der Waals surface area contributed by atoms with Crippen LogP contribution < -0.4 is 10.0 Å². The molecule has 8 nitrogen and oxygen atoms in total. The van der Waals surface area contributed by atoms with Crippen LogP contribution in [-0.2, 0) is 26.2 Å². The molecule has 0 unspecified atom stereocenters. The van der Waals surface area contributed by atoms with Gasteiger partial charge in [-0.1, -0.05) is 6.92 Å². The SMILES string of the molecule is CC1CCN(C(=O)[C@H]2Sc3ccc(S(=O)(=O)NCc4ccco4)cc3NC2=O)CC1. The van der Waals surface area contributed by atoms with Crippen molar-refractivity contribution >= 4 is 39.3 Å². The Morgan fingerprint density at radius 2 is 2.07 bits per heavy atom. The molecule has 2 aromatic rings. The first-order valence-electron chi connectivity index (χ1n) is 9.76. The number of carbonyl (C=O) groups is 2. The van der Waals surface area contributed by atoms with Gasteiger partial charge < -0.3 is 14.6 Å². The molecule has 4 rings (SSSR count). The molecule has 30 heavy (non-hydrogen) atoms. The third-order valence-corrected chi connectivity index (χ3v) is 8.00. The minimum Gasteiger partial charge on any atom is -0.468 e. The standard InChI is InChI=1S/C20H23N3O5S2/c1-13-6-8-23(9-7-13)20(25)18-19(24)22-16-11-15(4-5-17(16)29-18)30(26,27)21-12-14-3-2-10-28-14/h2-5,10-11,13,18,21H,6-9,12H2,1H3,(H,22,24)/t18-/m0/s1. The van der Waals surface area contributed by atoms with Gasteiger partial charge in [-0.15, -0.1) is 11.8 Å². The minimum atomic E-state index is -3.79. The summed E-state index contributed by atoms with van der Waals surface area (Å²) in [7, 11) is -3.79. The van der Waals surface area contributed by atoms with E-state index in [9.17, 15) is 18.0 Å². The number of anilines is 1. The zero-order valence-corrected chi connectivity index (χ0v) is 18.1. The highest BCUT2D eigenvalue weighted by molar-refractivity contribution is 8.01. The van der Waals surface area contributed by atoms with Gasteiger partial charge in [0, 0.05) is 18.0 Å². The van der Waals surface area contributed by atoms with Crippen molar-refractivity contribution in [3.8, 4) is 0 Å². The second-order valence-electron chi connectivity index (χ2n) is 7.56. The monoisotopic (exact) mass is 449 g/mol. The number of furan rings is 1. The average molecular weight is 450 g/mol. The van der Waals surface area contributed by atoms with Crippen molar-refractivity contribution in [3.05, 3.63) is 42.4 Å².